The minimum absolute atomic E-state index is 0.251. The smallest absolute Gasteiger partial charge is 0.397 e. The van der Waals surface area contributed by atoms with Crippen LogP contribution in [0.15, 0.2) is 49.1 Å². The number of nitrogens with one attached hydrogen (secondary N) is 2. The molecule has 13 heteroatoms. The molecule has 1 aromatic carbocycles. The molecule has 3 aromatic heterocycles. The topological polar surface area (TPSA) is 112 Å². The Balaban J connectivity index is 1.27. The predicted molar refractivity (Wildman–Crippen MR) is 134 cm³/mol. The van der Waals surface area contributed by atoms with Crippen molar-refractivity contribution < 1.29 is 22.7 Å². The summed E-state index contributed by atoms with van der Waals surface area (Å²) in [7, 11) is 1.57. The standard InChI is InChI=1S/C25H25F3N8O2/c1-38-20-13-29-15-31-22(20)16-4-5-18-19(11-16)33-24(32-18)34-23-17(3-2-6-30-23)14-35-7-9-36(10-8-35)21(37)12-25(26,27)28/h2-6,11,13,15H,7-10,12,14H2,1H3,(H2,30,32,33,34). The number of halogens is 3. The van der Waals surface area contributed by atoms with E-state index in [-0.39, 0.29) is 13.1 Å². The van der Waals surface area contributed by atoms with Crippen molar-refractivity contribution in [2.45, 2.75) is 19.1 Å². The number of fused-ring (bicyclic) bond motifs is 1. The van der Waals surface area contributed by atoms with Crippen LogP contribution in [0.2, 0.25) is 0 Å². The number of benzene rings is 1. The highest BCUT2D eigenvalue weighted by Gasteiger charge is 2.34. The number of alkyl halides is 3. The molecule has 10 nitrogen and oxygen atoms in total. The number of hydrogen-bond acceptors (Lipinski definition) is 8. The molecule has 0 aliphatic carbocycles. The maximum atomic E-state index is 12.6. The van der Waals surface area contributed by atoms with Gasteiger partial charge in [0.2, 0.25) is 11.9 Å². The number of H-pyrrole nitrogens is 1. The SMILES string of the molecule is COc1cncnc1-c1ccc2nc(Nc3ncccc3CN3CCN(C(=O)CC(F)(F)F)CC3)[nH]c2c1. The summed E-state index contributed by atoms with van der Waals surface area (Å²) in [4.78, 5) is 35.9. The number of methoxy groups -OCH3 is 1. The fourth-order valence-corrected chi connectivity index (χ4v) is 4.37. The Hall–Kier alpha value is -4.26. The fourth-order valence-electron chi connectivity index (χ4n) is 4.37. The number of hydrogen-bond donors (Lipinski definition) is 2. The number of imidazole rings is 1. The van der Waals surface area contributed by atoms with Crippen molar-refractivity contribution in [2.75, 3.05) is 38.6 Å². The maximum Gasteiger partial charge on any atom is 0.397 e. The summed E-state index contributed by atoms with van der Waals surface area (Å²) in [5.74, 6) is 0.801. The summed E-state index contributed by atoms with van der Waals surface area (Å²) in [5, 5.41) is 3.24. The number of pyridine rings is 1. The number of amides is 1. The van der Waals surface area contributed by atoms with Gasteiger partial charge in [-0.25, -0.2) is 19.9 Å². The molecule has 0 atom stereocenters. The third-order valence-corrected chi connectivity index (χ3v) is 6.25. The number of carbonyl (C=O) groups excluding carboxylic acids is 1. The van der Waals surface area contributed by atoms with Crippen molar-refractivity contribution in [3.8, 4) is 17.0 Å². The Morgan fingerprint density at radius 2 is 1.97 bits per heavy atom. The summed E-state index contributed by atoms with van der Waals surface area (Å²) < 4.78 is 43.0. The fraction of sp³-hybridized carbons (Fsp3) is 0.320. The van der Waals surface area contributed by atoms with Crippen LogP contribution in [-0.2, 0) is 11.3 Å². The van der Waals surface area contributed by atoms with E-state index >= 15 is 0 Å². The molecule has 4 aromatic rings. The van der Waals surface area contributed by atoms with Crippen molar-refractivity contribution in [3.63, 3.8) is 0 Å². The van der Waals surface area contributed by atoms with Crippen molar-refractivity contribution in [2.24, 2.45) is 0 Å². The third-order valence-electron chi connectivity index (χ3n) is 6.25. The van der Waals surface area contributed by atoms with Crippen LogP contribution in [0.25, 0.3) is 22.3 Å². The van der Waals surface area contributed by atoms with Crippen molar-refractivity contribution >= 4 is 28.7 Å². The highest BCUT2D eigenvalue weighted by Crippen LogP contribution is 2.30. The van der Waals surface area contributed by atoms with Crippen LogP contribution in [-0.4, -0.2) is 80.1 Å². The Bertz CT molecular complexity index is 1430. The van der Waals surface area contributed by atoms with Gasteiger partial charge in [-0.1, -0.05) is 12.1 Å². The van der Waals surface area contributed by atoms with E-state index in [9.17, 15) is 18.0 Å². The van der Waals surface area contributed by atoms with Crippen molar-refractivity contribution in [1.29, 1.82) is 0 Å². The maximum absolute atomic E-state index is 12.6. The van der Waals surface area contributed by atoms with E-state index in [0.29, 0.717) is 42.8 Å². The lowest BCUT2D eigenvalue weighted by Crippen LogP contribution is -2.49. The molecule has 1 amide bonds. The molecular formula is C25H25F3N8O2. The van der Waals surface area contributed by atoms with Crippen LogP contribution in [0.1, 0.15) is 12.0 Å². The number of rotatable bonds is 7. The molecule has 0 unspecified atom stereocenters. The van der Waals surface area contributed by atoms with Crippen LogP contribution in [0.5, 0.6) is 5.75 Å². The van der Waals surface area contributed by atoms with E-state index in [1.54, 1.807) is 19.5 Å². The van der Waals surface area contributed by atoms with Crippen LogP contribution in [0.3, 0.4) is 0 Å². The normalized spacial score (nSPS) is 14.6. The summed E-state index contributed by atoms with van der Waals surface area (Å²) in [6.45, 7) is 1.97. The number of carbonyl (C=O) groups is 1. The largest absolute Gasteiger partial charge is 0.493 e. The lowest BCUT2D eigenvalue weighted by Gasteiger charge is -2.35. The van der Waals surface area contributed by atoms with E-state index in [2.05, 4.69) is 35.1 Å². The summed E-state index contributed by atoms with van der Waals surface area (Å²) >= 11 is 0. The lowest BCUT2D eigenvalue weighted by molar-refractivity contribution is -0.162. The minimum atomic E-state index is -4.49. The molecule has 38 heavy (non-hydrogen) atoms. The van der Waals surface area contributed by atoms with E-state index in [4.69, 9.17) is 4.74 Å². The second kappa shape index (κ2) is 10.6. The average molecular weight is 527 g/mol. The van der Waals surface area contributed by atoms with E-state index in [1.165, 1.54) is 11.2 Å². The van der Waals surface area contributed by atoms with Gasteiger partial charge in [-0.05, 0) is 18.2 Å². The monoisotopic (exact) mass is 526 g/mol. The average Bonchev–Trinajstić information content (AvgIpc) is 3.31. The van der Waals surface area contributed by atoms with Gasteiger partial charge in [0.25, 0.3) is 0 Å². The van der Waals surface area contributed by atoms with Gasteiger partial charge in [-0.15, -0.1) is 0 Å². The van der Waals surface area contributed by atoms with Crippen LogP contribution >= 0.6 is 0 Å². The van der Waals surface area contributed by atoms with Crippen molar-refractivity contribution in [1.82, 2.24) is 34.7 Å². The first-order chi connectivity index (χ1) is 18.3. The Morgan fingerprint density at radius 3 is 2.74 bits per heavy atom. The van der Waals surface area contributed by atoms with Crippen LogP contribution in [0, 0.1) is 0 Å². The lowest BCUT2D eigenvalue weighted by atomic mass is 10.1. The van der Waals surface area contributed by atoms with E-state index in [0.717, 1.165) is 22.2 Å². The first-order valence-electron chi connectivity index (χ1n) is 11.9. The van der Waals surface area contributed by atoms with Crippen molar-refractivity contribution in [3.05, 3.63) is 54.6 Å². The molecule has 5 rings (SSSR count). The first-order valence-corrected chi connectivity index (χ1v) is 11.9. The second-order valence-corrected chi connectivity index (χ2v) is 8.84. The van der Waals surface area contributed by atoms with Gasteiger partial charge in [-0.3, -0.25) is 9.69 Å². The van der Waals surface area contributed by atoms with Gasteiger partial charge in [0.15, 0.2) is 5.75 Å². The Kier molecular flexibility index (Phi) is 7.09. The minimum Gasteiger partial charge on any atom is -0.493 e. The van der Waals surface area contributed by atoms with Gasteiger partial charge >= 0.3 is 6.18 Å². The summed E-state index contributed by atoms with van der Waals surface area (Å²) in [5.41, 5.74) is 3.96. The highest BCUT2D eigenvalue weighted by molar-refractivity contribution is 5.84. The molecule has 0 saturated carbocycles. The zero-order valence-corrected chi connectivity index (χ0v) is 20.5. The Labute approximate surface area is 215 Å². The summed E-state index contributed by atoms with van der Waals surface area (Å²) in [6.07, 6.45) is -1.18. The van der Waals surface area contributed by atoms with Gasteiger partial charge in [-0.2, -0.15) is 13.2 Å². The molecular weight excluding hydrogens is 501 g/mol. The van der Waals surface area contributed by atoms with E-state index in [1.807, 2.05) is 30.3 Å². The third kappa shape index (κ3) is 5.83. The molecule has 1 saturated heterocycles. The number of nitrogens with zero attached hydrogens (tertiary/aromatic N) is 6. The predicted octanol–water partition coefficient (Wildman–Crippen LogP) is 3.76. The number of aromatic nitrogens is 5. The molecule has 1 aliphatic heterocycles. The highest BCUT2D eigenvalue weighted by atomic mass is 19.4. The number of aromatic amines is 1. The molecule has 1 aliphatic rings. The second-order valence-electron chi connectivity index (χ2n) is 8.84. The van der Waals surface area contributed by atoms with Crippen LogP contribution in [0.4, 0.5) is 24.9 Å². The van der Waals surface area contributed by atoms with Crippen LogP contribution < -0.4 is 10.1 Å². The van der Waals surface area contributed by atoms with Gasteiger partial charge in [0, 0.05) is 50.0 Å². The summed E-state index contributed by atoms with van der Waals surface area (Å²) in [6, 6.07) is 9.47. The Morgan fingerprint density at radius 1 is 1.16 bits per heavy atom. The van der Waals surface area contributed by atoms with E-state index < -0.39 is 18.5 Å². The molecule has 0 radical (unpaired) electrons. The number of anilines is 2. The molecule has 1 fully saturated rings. The van der Waals surface area contributed by atoms with Gasteiger partial charge < -0.3 is 19.9 Å². The zero-order chi connectivity index (χ0) is 26.7. The molecule has 0 bridgehead atoms. The molecule has 0 spiro atoms. The molecule has 2 N–H and O–H groups in total. The quantitative estimate of drug-likeness (QED) is 0.375. The zero-order valence-electron chi connectivity index (χ0n) is 20.5. The number of ether oxygens (including phenoxy) is 1. The number of piperazine rings is 1. The first kappa shape index (κ1) is 25.4. The van der Waals surface area contributed by atoms with Gasteiger partial charge in [0.05, 0.1) is 24.3 Å². The van der Waals surface area contributed by atoms with Gasteiger partial charge in [0.1, 0.15) is 24.3 Å². The molecule has 198 valence electrons. The molecule has 4 heterocycles.